The van der Waals surface area contributed by atoms with E-state index in [1.807, 2.05) is 37.3 Å². The van der Waals surface area contributed by atoms with Crippen LogP contribution in [0.5, 0.6) is 0 Å². The topological polar surface area (TPSA) is 79.4 Å². The van der Waals surface area contributed by atoms with E-state index in [4.69, 9.17) is 0 Å². The normalized spacial score (nSPS) is 17.3. The number of hydrogen-bond acceptors (Lipinski definition) is 4. The van der Waals surface area contributed by atoms with E-state index in [0.717, 1.165) is 30.4 Å². The third kappa shape index (κ3) is 4.68. The highest BCUT2D eigenvalue weighted by Crippen LogP contribution is 2.35. The Morgan fingerprint density at radius 3 is 2.58 bits per heavy atom. The molecule has 2 aromatic carbocycles. The first-order valence-corrected chi connectivity index (χ1v) is 11.8. The summed E-state index contributed by atoms with van der Waals surface area (Å²) in [5.41, 5.74) is 3.02. The molecule has 160 valence electrons. The molecule has 1 aliphatic heterocycles. The number of pyridine rings is 1. The maximum Gasteiger partial charge on any atom is 0.255 e. The van der Waals surface area contributed by atoms with Gasteiger partial charge in [0, 0.05) is 30.2 Å². The van der Waals surface area contributed by atoms with Gasteiger partial charge >= 0.3 is 0 Å². The van der Waals surface area contributed by atoms with Crippen LogP contribution in [-0.4, -0.2) is 30.2 Å². The average Bonchev–Trinajstić information content (AvgIpc) is 2.80. The summed E-state index contributed by atoms with van der Waals surface area (Å²) in [5, 5.41) is 2.82. The Morgan fingerprint density at radius 2 is 1.87 bits per heavy atom. The van der Waals surface area contributed by atoms with Gasteiger partial charge < -0.3 is 5.32 Å². The highest BCUT2D eigenvalue weighted by Gasteiger charge is 2.34. The van der Waals surface area contributed by atoms with Gasteiger partial charge in [-0.25, -0.2) is 8.42 Å². The number of piperidine rings is 1. The Hall–Kier alpha value is -3.03. The van der Waals surface area contributed by atoms with Crippen LogP contribution in [0.4, 0.5) is 5.69 Å². The van der Waals surface area contributed by atoms with E-state index in [-0.39, 0.29) is 16.8 Å². The van der Waals surface area contributed by atoms with Crippen LogP contribution in [0.1, 0.15) is 46.8 Å². The molecule has 1 unspecified atom stereocenters. The van der Waals surface area contributed by atoms with Gasteiger partial charge in [0.2, 0.25) is 10.0 Å². The van der Waals surface area contributed by atoms with Crippen LogP contribution in [0.2, 0.25) is 0 Å². The maximum absolute atomic E-state index is 13.4. The van der Waals surface area contributed by atoms with Crippen molar-refractivity contribution in [2.24, 2.45) is 0 Å². The fourth-order valence-electron chi connectivity index (χ4n) is 3.93. The monoisotopic (exact) mass is 435 g/mol. The first-order valence-electron chi connectivity index (χ1n) is 10.3. The van der Waals surface area contributed by atoms with E-state index in [1.165, 1.54) is 0 Å². The molecule has 0 spiro atoms. The maximum atomic E-state index is 13.4. The number of anilines is 1. The molecule has 1 atom stereocenters. The molecular weight excluding hydrogens is 410 g/mol. The second-order valence-corrected chi connectivity index (χ2v) is 9.65. The molecular formula is C24H25N3O3S. The van der Waals surface area contributed by atoms with Crippen LogP contribution in [-0.2, 0) is 10.0 Å². The molecule has 1 amide bonds. The van der Waals surface area contributed by atoms with Crippen LogP contribution < -0.4 is 5.32 Å². The van der Waals surface area contributed by atoms with Crippen LogP contribution in [0.15, 0.2) is 78.0 Å². The molecule has 0 aliphatic carbocycles. The lowest BCUT2D eigenvalue weighted by atomic mass is 9.99. The summed E-state index contributed by atoms with van der Waals surface area (Å²) in [7, 11) is -3.67. The third-order valence-corrected chi connectivity index (χ3v) is 7.44. The number of hydrogen-bond donors (Lipinski definition) is 1. The summed E-state index contributed by atoms with van der Waals surface area (Å²) < 4.78 is 28.3. The van der Waals surface area contributed by atoms with Gasteiger partial charge in [-0.15, -0.1) is 0 Å². The zero-order valence-electron chi connectivity index (χ0n) is 17.4. The highest BCUT2D eigenvalue weighted by atomic mass is 32.2. The second-order valence-electron chi connectivity index (χ2n) is 7.76. The van der Waals surface area contributed by atoms with E-state index >= 15 is 0 Å². The molecule has 1 aromatic heterocycles. The molecule has 7 heteroatoms. The summed E-state index contributed by atoms with van der Waals surface area (Å²) >= 11 is 0. The summed E-state index contributed by atoms with van der Waals surface area (Å²) in [6.45, 7) is 2.41. The number of nitrogens with one attached hydrogen (secondary N) is 1. The first kappa shape index (κ1) is 21.2. The minimum atomic E-state index is -3.67. The van der Waals surface area contributed by atoms with E-state index in [1.54, 1.807) is 47.0 Å². The molecule has 1 fully saturated rings. The zero-order valence-corrected chi connectivity index (χ0v) is 18.2. The predicted molar refractivity (Wildman–Crippen MR) is 120 cm³/mol. The van der Waals surface area contributed by atoms with Gasteiger partial charge in [-0.2, -0.15) is 4.31 Å². The molecule has 4 rings (SSSR count). The van der Waals surface area contributed by atoms with Gasteiger partial charge in [-0.1, -0.05) is 30.2 Å². The van der Waals surface area contributed by atoms with Crippen molar-refractivity contribution in [1.29, 1.82) is 0 Å². The van der Waals surface area contributed by atoms with Crippen molar-refractivity contribution in [1.82, 2.24) is 9.29 Å². The zero-order chi connectivity index (χ0) is 21.8. The van der Waals surface area contributed by atoms with E-state index < -0.39 is 10.0 Å². The fraction of sp³-hybridized carbons (Fsp3) is 0.250. The van der Waals surface area contributed by atoms with Gasteiger partial charge in [0.05, 0.1) is 10.9 Å². The molecule has 1 N–H and O–H groups in total. The third-order valence-electron chi connectivity index (χ3n) is 5.52. The molecule has 6 nitrogen and oxygen atoms in total. The van der Waals surface area contributed by atoms with E-state index in [2.05, 4.69) is 10.3 Å². The van der Waals surface area contributed by atoms with Crippen LogP contribution in [0, 0.1) is 6.92 Å². The number of nitrogens with zero attached hydrogens (tertiary/aromatic N) is 2. The molecule has 2 heterocycles. The summed E-state index contributed by atoms with van der Waals surface area (Å²) in [6.07, 6.45) is 6.02. The summed E-state index contributed by atoms with van der Waals surface area (Å²) in [4.78, 5) is 16.8. The summed E-state index contributed by atoms with van der Waals surface area (Å²) in [6, 6.07) is 17.2. The number of amides is 1. The molecule has 0 bridgehead atoms. The number of carbonyl (C=O) groups is 1. The van der Waals surface area contributed by atoms with Crippen molar-refractivity contribution in [3.8, 4) is 0 Å². The van der Waals surface area contributed by atoms with Crippen LogP contribution >= 0.6 is 0 Å². The van der Waals surface area contributed by atoms with E-state index in [9.17, 15) is 13.2 Å². The largest absolute Gasteiger partial charge is 0.322 e. The van der Waals surface area contributed by atoms with Crippen LogP contribution in [0.25, 0.3) is 0 Å². The van der Waals surface area contributed by atoms with Gasteiger partial charge in [0.1, 0.15) is 0 Å². The Balaban J connectivity index is 1.54. The van der Waals surface area contributed by atoms with Crippen molar-refractivity contribution in [2.75, 3.05) is 11.9 Å². The molecule has 1 saturated heterocycles. The smallest absolute Gasteiger partial charge is 0.255 e. The van der Waals surface area contributed by atoms with Gasteiger partial charge in [0.15, 0.2) is 0 Å². The lowest BCUT2D eigenvalue weighted by molar-refractivity contribution is 0.102. The van der Waals surface area contributed by atoms with E-state index in [0.29, 0.717) is 17.8 Å². The Morgan fingerprint density at radius 1 is 1.06 bits per heavy atom. The van der Waals surface area contributed by atoms with Gasteiger partial charge in [0.25, 0.3) is 5.91 Å². The first-order chi connectivity index (χ1) is 14.9. The Kier molecular flexibility index (Phi) is 6.15. The number of aromatic nitrogens is 1. The van der Waals surface area contributed by atoms with Crippen molar-refractivity contribution >= 4 is 21.6 Å². The molecule has 3 aromatic rings. The molecule has 0 radical (unpaired) electrons. The minimum absolute atomic E-state index is 0.215. The lowest BCUT2D eigenvalue weighted by Crippen LogP contribution is -2.38. The molecule has 1 aliphatic rings. The number of carbonyl (C=O) groups excluding carboxylic acids is 1. The number of aryl methyl sites for hydroxylation is 1. The quantitative estimate of drug-likeness (QED) is 0.637. The Bertz CT molecular complexity index is 1160. The van der Waals surface area contributed by atoms with Crippen molar-refractivity contribution < 1.29 is 13.2 Å². The number of rotatable bonds is 5. The molecule has 31 heavy (non-hydrogen) atoms. The standard InChI is InChI=1S/C24H25N3O3S/c1-18-6-4-7-19(16-18)24(28)26-21-10-12-22(13-11-21)31(29,30)27-15-3-2-9-23(27)20-8-5-14-25-17-20/h4-8,10-14,16-17,23H,2-3,9,15H2,1H3,(H,26,28). The minimum Gasteiger partial charge on any atom is -0.322 e. The summed E-state index contributed by atoms with van der Waals surface area (Å²) in [5.74, 6) is -0.230. The highest BCUT2D eigenvalue weighted by molar-refractivity contribution is 7.89. The fourth-order valence-corrected chi connectivity index (χ4v) is 5.62. The Labute approximate surface area is 183 Å². The van der Waals surface area contributed by atoms with Crippen molar-refractivity contribution in [3.05, 3.63) is 89.7 Å². The van der Waals surface area contributed by atoms with Crippen LogP contribution in [0.3, 0.4) is 0 Å². The SMILES string of the molecule is Cc1cccc(C(=O)Nc2ccc(S(=O)(=O)N3CCCCC3c3cccnc3)cc2)c1. The number of benzene rings is 2. The van der Waals surface area contributed by atoms with Crippen molar-refractivity contribution in [2.45, 2.75) is 37.1 Å². The second kappa shape index (κ2) is 8.99. The lowest BCUT2D eigenvalue weighted by Gasteiger charge is -2.34. The van der Waals surface area contributed by atoms with Gasteiger partial charge in [-0.05, 0) is 67.8 Å². The molecule has 0 saturated carbocycles. The predicted octanol–water partition coefficient (Wildman–Crippen LogP) is 4.56. The number of sulfonamides is 1. The van der Waals surface area contributed by atoms with Gasteiger partial charge in [-0.3, -0.25) is 9.78 Å². The van der Waals surface area contributed by atoms with Crippen molar-refractivity contribution in [3.63, 3.8) is 0 Å². The average molecular weight is 436 g/mol.